The summed E-state index contributed by atoms with van der Waals surface area (Å²) >= 11 is 0. The van der Waals surface area contributed by atoms with Gasteiger partial charge in [-0.05, 0) is 43.1 Å². The van der Waals surface area contributed by atoms with Gasteiger partial charge in [-0.3, -0.25) is 4.79 Å². The van der Waals surface area contributed by atoms with Crippen LogP contribution in [0.1, 0.15) is 90.5 Å². The van der Waals surface area contributed by atoms with Crippen molar-refractivity contribution in [2.75, 3.05) is 6.54 Å². The van der Waals surface area contributed by atoms with Crippen molar-refractivity contribution < 1.29 is 14.1 Å². The minimum atomic E-state index is -0.543. The third-order valence-electron chi connectivity index (χ3n) is 8.60. The van der Waals surface area contributed by atoms with E-state index in [1.54, 1.807) is 0 Å². The Kier molecular flexibility index (Phi) is 8.34. The summed E-state index contributed by atoms with van der Waals surface area (Å²) in [4.78, 5) is 26.2. The van der Waals surface area contributed by atoms with Gasteiger partial charge >= 0.3 is 5.91 Å². The van der Waals surface area contributed by atoms with Gasteiger partial charge in [0.05, 0.1) is 30.5 Å². The molecule has 2 aliphatic rings. The van der Waals surface area contributed by atoms with Crippen molar-refractivity contribution in [1.82, 2.24) is 0 Å². The van der Waals surface area contributed by atoms with Crippen LogP contribution in [-0.2, 0) is 15.0 Å². The number of carbonyl (C=O) groups excluding carboxylic acids is 2. The SMILES string of the molecule is CC1CCCC([N@+]2(C(=O)CCCC[C@@](C#N)(c3ccccc3)C(C)C)CCCC2C(N)=O)C1. The first-order valence-electron chi connectivity index (χ1n) is 12.9. The number of hydrogen-bond acceptors (Lipinski definition) is 3. The van der Waals surface area contributed by atoms with Crippen LogP contribution in [0.5, 0.6) is 0 Å². The van der Waals surface area contributed by atoms with Gasteiger partial charge in [-0.1, -0.05) is 63.9 Å². The number of likely N-dealkylation sites (tertiary alicyclic amines) is 1. The number of nitriles is 1. The highest BCUT2D eigenvalue weighted by Crippen LogP contribution is 2.41. The highest BCUT2D eigenvalue weighted by Gasteiger charge is 2.55. The normalized spacial score (nSPS) is 29.4. The monoisotopic (exact) mass is 452 g/mol. The molecule has 1 aliphatic carbocycles. The van der Waals surface area contributed by atoms with Crippen molar-refractivity contribution in [3.8, 4) is 6.07 Å². The zero-order valence-corrected chi connectivity index (χ0v) is 20.8. The van der Waals surface area contributed by atoms with Gasteiger partial charge in [-0.2, -0.15) is 5.26 Å². The van der Waals surface area contributed by atoms with Crippen LogP contribution in [0, 0.1) is 23.2 Å². The standard InChI is InChI=1S/C28H41N3O2/c1-21(2)28(20-29,23-12-5-4-6-13-23)17-8-7-16-26(32)31(18-10-15-25(31)27(30)33)24-14-9-11-22(3)19-24/h4-6,12-13,21-22,24-25H,7-11,14-19H2,1-3H3,(H-,30,33)/p+1/t22?,24?,25?,28-,31+/m0/s1. The van der Waals surface area contributed by atoms with Gasteiger partial charge in [0.25, 0.3) is 5.91 Å². The molecule has 0 bridgehead atoms. The van der Waals surface area contributed by atoms with Crippen molar-refractivity contribution in [1.29, 1.82) is 5.26 Å². The number of quaternary nitrogens is 1. The summed E-state index contributed by atoms with van der Waals surface area (Å²) in [6.07, 6.45) is 8.73. The van der Waals surface area contributed by atoms with E-state index < -0.39 is 5.41 Å². The highest BCUT2D eigenvalue weighted by molar-refractivity contribution is 5.82. The van der Waals surface area contributed by atoms with E-state index in [1.165, 1.54) is 6.42 Å². The molecular formula is C28H42N3O2+. The second-order valence-corrected chi connectivity index (χ2v) is 10.8. The maximum Gasteiger partial charge on any atom is 0.314 e. The second-order valence-electron chi connectivity index (χ2n) is 10.8. The average Bonchev–Trinajstić information content (AvgIpc) is 3.26. The predicted octanol–water partition coefficient (Wildman–Crippen LogP) is 5.23. The van der Waals surface area contributed by atoms with Crippen molar-refractivity contribution >= 4 is 11.8 Å². The molecule has 1 saturated carbocycles. The minimum Gasteiger partial charge on any atom is -0.364 e. The molecule has 5 atom stereocenters. The number of carbonyl (C=O) groups is 2. The molecule has 3 rings (SSSR count). The fourth-order valence-corrected chi connectivity index (χ4v) is 6.70. The lowest BCUT2D eigenvalue weighted by molar-refractivity contribution is -0.884. The smallest absolute Gasteiger partial charge is 0.314 e. The first-order chi connectivity index (χ1) is 15.8. The van der Waals surface area contributed by atoms with Crippen LogP contribution in [-0.4, -0.2) is 34.9 Å². The van der Waals surface area contributed by atoms with Crippen LogP contribution in [0.4, 0.5) is 0 Å². The summed E-state index contributed by atoms with van der Waals surface area (Å²) in [7, 11) is 0. The molecule has 2 N–H and O–H groups in total. The first-order valence-corrected chi connectivity index (χ1v) is 12.9. The molecule has 5 heteroatoms. The van der Waals surface area contributed by atoms with E-state index in [2.05, 4.69) is 26.8 Å². The minimum absolute atomic E-state index is 0.181. The molecule has 1 aromatic carbocycles. The lowest BCUT2D eigenvalue weighted by Crippen LogP contribution is -2.66. The molecule has 180 valence electrons. The Hall–Kier alpha value is -2.19. The summed E-state index contributed by atoms with van der Waals surface area (Å²) in [6, 6.07) is 12.5. The molecule has 0 radical (unpaired) electrons. The van der Waals surface area contributed by atoms with Crippen molar-refractivity contribution in [3.63, 3.8) is 0 Å². The number of primary amides is 1. The summed E-state index contributed by atoms with van der Waals surface area (Å²) in [5.74, 6) is 0.656. The Morgan fingerprint density at radius 1 is 1.15 bits per heavy atom. The largest absolute Gasteiger partial charge is 0.364 e. The van der Waals surface area contributed by atoms with Gasteiger partial charge in [0.1, 0.15) is 0 Å². The van der Waals surface area contributed by atoms with Crippen molar-refractivity contribution in [2.45, 2.75) is 102 Å². The molecule has 33 heavy (non-hydrogen) atoms. The first kappa shape index (κ1) is 25.4. The van der Waals surface area contributed by atoms with Crippen LogP contribution in [0.25, 0.3) is 0 Å². The van der Waals surface area contributed by atoms with Gasteiger partial charge < -0.3 is 5.73 Å². The van der Waals surface area contributed by atoms with E-state index in [-0.39, 0.29) is 29.8 Å². The van der Waals surface area contributed by atoms with E-state index >= 15 is 0 Å². The van der Waals surface area contributed by atoms with Crippen LogP contribution in [0.3, 0.4) is 0 Å². The zero-order valence-electron chi connectivity index (χ0n) is 20.8. The number of hydrogen-bond donors (Lipinski definition) is 1. The molecule has 1 heterocycles. The summed E-state index contributed by atoms with van der Waals surface area (Å²) < 4.78 is 0.298. The maximum absolute atomic E-state index is 13.8. The van der Waals surface area contributed by atoms with E-state index in [4.69, 9.17) is 5.73 Å². The Balaban J connectivity index is 1.72. The summed E-state index contributed by atoms with van der Waals surface area (Å²) in [5.41, 5.74) is 6.35. The highest BCUT2D eigenvalue weighted by atomic mass is 16.2. The lowest BCUT2D eigenvalue weighted by atomic mass is 9.69. The summed E-state index contributed by atoms with van der Waals surface area (Å²) in [5, 5.41) is 10.1. The van der Waals surface area contributed by atoms with Crippen molar-refractivity contribution in [3.05, 3.63) is 35.9 Å². The van der Waals surface area contributed by atoms with Gasteiger partial charge in [0, 0.05) is 19.3 Å². The lowest BCUT2D eigenvalue weighted by Gasteiger charge is -2.45. The van der Waals surface area contributed by atoms with Crippen molar-refractivity contribution in [2.24, 2.45) is 17.6 Å². The molecule has 1 aliphatic heterocycles. The molecule has 2 amide bonds. The van der Waals surface area contributed by atoms with Gasteiger partial charge in [0.15, 0.2) is 6.04 Å². The molecule has 5 nitrogen and oxygen atoms in total. The van der Waals surface area contributed by atoms with E-state index in [0.717, 1.165) is 63.5 Å². The number of amides is 2. The molecule has 0 aromatic heterocycles. The molecule has 3 unspecified atom stereocenters. The maximum atomic E-state index is 13.8. The number of rotatable bonds is 9. The quantitative estimate of drug-likeness (QED) is 0.411. The molecule has 1 saturated heterocycles. The zero-order chi connectivity index (χ0) is 24.1. The molecule has 2 fully saturated rings. The van der Waals surface area contributed by atoms with Gasteiger partial charge in [-0.15, -0.1) is 0 Å². The molecule has 0 spiro atoms. The third kappa shape index (κ3) is 5.01. The Labute approximate surface area is 199 Å². The number of nitrogens with two attached hydrogens (primary N) is 1. The van der Waals surface area contributed by atoms with Crippen LogP contribution in [0.15, 0.2) is 30.3 Å². The molecular weight excluding hydrogens is 410 g/mol. The number of benzene rings is 1. The summed E-state index contributed by atoms with van der Waals surface area (Å²) in [6.45, 7) is 7.22. The fraction of sp³-hybridized carbons (Fsp3) is 0.679. The second kappa shape index (κ2) is 10.8. The van der Waals surface area contributed by atoms with E-state index in [0.29, 0.717) is 16.8 Å². The average molecular weight is 453 g/mol. The predicted molar refractivity (Wildman–Crippen MR) is 131 cm³/mol. The number of unbranched alkanes of at least 4 members (excludes halogenated alkanes) is 1. The van der Waals surface area contributed by atoms with Crippen LogP contribution in [0.2, 0.25) is 0 Å². The Morgan fingerprint density at radius 2 is 1.88 bits per heavy atom. The topological polar surface area (TPSA) is 83.9 Å². The fourth-order valence-electron chi connectivity index (χ4n) is 6.70. The van der Waals surface area contributed by atoms with Gasteiger partial charge in [-0.25, -0.2) is 9.28 Å². The Bertz CT molecular complexity index is 862. The van der Waals surface area contributed by atoms with Crippen LogP contribution >= 0.6 is 0 Å². The molecule has 1 aromatic rings. The third-order valence-corrected chi connectivity index (χ3v) is 8.60. The van der Waals surface area contributed by atoms with E-state index in [9.17, 15) is 14.9 Å². The van der Waals surface area contributed by atoms with Gasteiger partial charge in [0.2, 0.25) is 0 Å². The van der Waals surface area contributed by atoms with E-state index in [1.807, 2.05) is 30.3 Å². The number of nitrogens with zero attached hydrogens (tertiary/aromatic N) is 2. The Morgan fingerprint density at radius 3 is 2.48 bits per heavy atom. The van der Waals surface area contributed by atoms with Crippen LogP contribution < -0.4 is 5.73 Å².